The molecule has 1 aromatic heterocycles. The molecule has 0 saturated carbocycles. The van der Waals surface area contributed by atoms with Crippen LogP contribution in [0.1, 0.15) is 9.67 Å². The first-order chi connectivity index (χ1) is 11.9. The predicted molar refractivity (Wildman–Crippen MR) is 99.7 cm³/mol. The number of sulfonamides is 1. The third kappa shape index (κ3) is 3.59. The fraction of sp³-hybridized carbons (Fsp3) is 0.312. The fourth-order valence-electron chi connectivity index (χ4n) is 2.68. The quantitative estimate of drug-likeness (QED) is 0.726. The van der Waals surface area contributed by atoms with Gasteiger partial charge in [-0.3, -0.25) is 4.79 Å². The average molecular weight is 445 g/mol. The van der Waals surface area contributed by atoms with E-state index in [9.17, 15) is 13.2 Å². The second-order valence-electron chi connectivity index (χ2n) is 5.44. The van der Waals surface area contributed by atoms with E-state index in [0.29, 0.717) is 28.2 Å². The summed E-state index contributed by atoms with van der Waals surface area (Å²) in [6.07, 6.45) is 0. The van der Waals surface area contributed by atoms with E-state index in [1.807, 2.05) is 0 Å². The first kappa shape index (κ1) is 18.4. The summed E-state index contributed by atoms with van der Waals surface area (Å²) in [5.41, 5.74) is 0. The SMILES string of the molecule is COc1ccsc1C(=O)N1CCN(S(=O)(=O)c2ccccc2Br)CC1. The van der Waals surface area contributed by atoms with Crippen LogP contribution in [0.2, 0.25) is 0 Å². The fourth-order valence-corrected chi connectivity index (χ4v) is 5.89. The Balaban J connectivity index is 1.72. The molecule has 1 fully saturated rings. The first-order valence-electron chi connectivity index (χ1n) is 7.60. The molecule has 0 bridgehead atoms. The molecule has 2 aromatic rings. The molecular weight excluding hydrogens is 428 g/mol. The van der Waals surface area contributed by atoms with Crippen molar-refractivity contribution in [3.63, 3.8) is 0 Å². The second kappa shape index (κ2) is 7.45. The van der Waals surface area contributed by atoms with Crippen molar-refractivity contribution < 1.29 is 17.9 Å². The molecule has 0 atom stereocenters. The van der Waals surface area contributed by atoms with Crippen LogP contribution in [-0.2, 0) is 10.0 Å². The number of rotatable bonds is 4. The van der Waals surface area contributed by atoms with Gasteiger partial charge < -0.3 is 9.64 Å². The summed E-state index contributed by atoms with van der Waals surface area (Å²) in [6.45, 7) is 1.24. The minimum absolute atomic E-state index is 0.121. The largest absolute Gasteiger partial charge is 0.495 e. The molecule has 0 spiro atoms. The van der Waals surface area contributed by atoms with Crippen LogP contribution in [-0.4, -0.2) is 56.8 Å². The van der Waals surface area contributed by atoms with Gasteiger partial charge in [0.25, 0.3) is 5.91 Å². The Morgan fingerprint density at radius 1 is 1.16 bits per heavy atom. The summed E-state index contributed by atoms with van der Waals surface area (Å²) in [5, 5.41) is 1.81. The number of carbonyl (C=O) groups excluding carboxylic acids is 1. The maximum absolute atomic E-state index is 12.8. The van der Waals surface area contributed by atoms with Crippen LogP contribution in [0, 0.1) is 0 Å². The first-order valence-corrected chi connectivity index (χ1v) is 10.7. The highest BCUT2D eigenvalue weighted by molar-refractivity contribution is 9.10. The van der Waals surface area contributed by atoms with Crippen molar-refractivity contribution in [1.82, 2.24) is 9.21 Å². The second-order valence-corrected chi connectivity index (χ2v) is 9.12. The molecule has 2 heterocycles. The molecule has 1 amide bonds. The molecule has 0 aliphatic carbocycles. The third-order valence-corrected chi connectivity index (χ3v) is 7.82. The normalized spacial score (nSPS) is 16.0. The summed E-state index contributed by atoms with van der Waals surface area (Å²) in [5.74, 6) is 0.433. The molecule has 0 radical (unpaired) electrons. The van der Waals surface area contributed by atoms with Crippen molar-refractivity contribution in [2.45, 2.75) is 4.90 Å². The summed E-state index contributed by atoms with van der Waals surface area (Å²) >= 11 is 4.62. The standard InChI is InChI=1S/C16H17BrN2O4S2/c1-23-13-6-11-24-15(13)16(20)18-7-9-19(10-8-18)25(21,22)14-5-3-2-4-12(14)17/h2-6,11H,7-10H2,1H3. The Kier molecular flexibility index (Phi) is 5.47. The number of thiophene rings is 1. The summed E-state index contributed by atoms with van der Waals surface area (Å²) < 4.78 is 32.7. The van der Waals surface area contributed by atoms with E-state index in [1.165, 1.54) is 22.8 Å². The smallest absolute Gasteiger partial charge is 0.267 e. The van der Waals surface area contributed by atoms with Crippen LogP contribution < -0.4 is 4.74 Å². The van der Waals surface area contributed by atoms with E-state index < -0.39 is 10.0 Å². The number of halogens is 1. The number of piperazine rings is 1. The molecule has 1 aliphatic heterocycles. The maximum Gasteiger partial charge on any atom is 0.267 e. The third-order valence-electron chi connectivity index (χ3n) is 4.02. The highest BCUT2D eigenvalue weighted by Gasteiger charge is 2.32. The maximum atomic E-state index is 12.8. The van der Waals surface area contributed by atoms with Crippen LogP contribution >= 0.6 is 27.3 Å². The minimum Gasteiger partial charge on any atom is -0.495 e. The van der Waals surface area contributed by atoms with E-state index in [2.05, 4.69) is 15.9 Å². The lowest BCUT2D eigenvalue weighted by atomic mass is 10.3. The van der Waals surface area contributed by atoms with E-state index >= 15 is 0 Å². The van der Waals surface area contributed by atoms with Crippen LogP contribution in [0.15, 0.2) is 45.1 Å². The number of ether oxygens (including phenoxy) is 1. The molecule has 1 aromatic carbocycles. The summed E-state index contributed by atoms with van der Waals surface area (Å²) in [4.78, 5) is 15.1. The van der Waals surface area contributed by atoms with Gasteiger partial charge in [-0.05, 0) is 39.5 Å². The highest BCUT2D eigenvalue weighted by atomic mass is 79.9. The molecular formula is C16H17BrN2O4S2. The van der Waals surface area contributed by atoms with Gasteiger partial charge in [0.15, 0.2) is 0 Å². The zero-order valence-electron chi connectivity index (χ0n) is 13.5. The van der Waals surface area contributed by atoms with Crippen LogP contribution in [0.25, 0.3) is 0 Å². The van der Waals surface area contributed by atoms with Crippen LogP contribution in [0.4, 0.5) is 0 Å². The highest BCUT2D eigenvalue weighted by Crippen LogP contribution is 2.28. The van der Waals surface area contributed by atoms with Gasteiger partial charge in [0.2, 0.25) is 10.0 Å². The lowest BCUT2D eigenvalue weighted by Crippen LogP contribution is -2.50. The van der Waals surface area contributed by atoms with Gasteiger partial charge in [-0.2, -0.15) is 4.31 Å². The molecule has 9 heteroatoms. The van der Waals surface area contributed by atoms with Gasteiger partial charge in [-0.25, -0.2) is 8.42 Å². The lowest BCUT2D eigenvalue weighted by molar-refractivity contribution is 0.0700. The van der Waals surface area contributed by atoms with Crippen molar-refractivity contribution in [3.8, 4) is 5.75 Å². The van der Waals surface area contributed by atoms with Crippen LogP contribution in [0.3, 0.4) is 0 Å². The topological polar surface area (TPSA) is 66.9 Å². The molecule has 3 rings (SSSR count). The van der Waals surface area contributed by atoms with Gasteiger partial charge in [0.05, 0.1) is 12.0 Å². The summed E-state index contributed by atoms with van der Waals surface area (Å²) in [6, 6.07) is 8.50. The molecule has 6 nitrogen and oxygen atoms in total. The van der Waals surface area contributed by atoms with Gasteiger partial charge in [-0.15, -0.1) is 11.3 Å². The molecule has 0 unspecified atom stereocenters. The van der Waals surface area contributed by atoms with Crippen molar-refractivity contribution in [1.29, 1.82) is 0 Å². The summed E-state index contributed by atoms with van der Waals surface area (Å²) in [7, 11) is -2.05. The number of benzene rings is 1. The Hall–Kier alpha value is -1.42. The number of amides is 1. The molecule has 25 heavy (non-hydrogen) atoms. The van der Waals surface area contributed by atoms with E-state index in [0.717, 1.165) is 0 Å². The Labute approximate surface area is 159 Å². The monoisotopic (exact) mass is 444 g/mol. The van der Waals surface area contributed by atoms with Gasteiger partial charge in [0.1, 0.15) is 10.6 Å². The Bertz CT molecular complexity index is 874. The van der Waals surface area contributed by atoms with Gasteiger partial charge in [-0.1, -0.05) is 12.1 Å². The zero-order chi connectivity index (χ0) is 18.0. The minimum atomic E-state index is -3.58. The van der Waals surface area contributed by atoms with Crippen molar-refractivity contribution in [2.75, 3.05) is 33.3 Å². The number of carbonyl (C=O) groups is 1. The molecule has 1 aliphatic rings. The van der Waals surface area contributed by atoms with E-state index in [1.54, 1.807) is 40.6 Å². The van der Waals surface area contributed by atoms with Crippen molar-refractivity contribution in [2.24, 2.45) is 0 Å². The number of methoxy groups -OCH3 is 1. The van der Waals surface area contributed by atoms with Crippen molar-refractivity contribution >= 4 is 43.2 Å². The molecule has 134 valence electrons. The van der Waals surface area contributed by atoms with E-state index in [-0.39, 0.29) is 23.9 Å². The predicted octanol–water partition coefficient (Wildman–Crippen LogP) is 2.67. The molecule has 0 N–H and O–H groups in total. The average Bonchev–Trinajstić information content (AvgIpc) is 3.10. The number of hydrogen-bond donors (Lipinski definition) is 0. The van der Waals surface area contributed by atoms with E-state index in [4.69, 9.17) is 4.74 Å². The van der Waals surface area contributed by atoms with Crippen LogP contribution in [0.5, 0.6) is 5.75 Å². The zero-order valence-corrected chi connectivity index (χ0v) is 16.7. The Morgan fingerprint density at radius 3 is 2.48 bits per heavy atom. The van der Waals surface area contributed by atoms with Crippen molar-refractivity contribution in [3.05, 3.63) is 45.1 Å². The molecule has 1 saturated heterocycles. The van der Waals surface area contributed by atoms with Gasteiger partial charge in [0, 0.05) is 30.7 Å². The van der Waals surface area contributed by atoms with Gasteiger partial charge >= 0.3 is 0 Å². The number of hydrogen-bond acceptors (Lipinski definition) is 5. The number of nitrogens with zero attached hydrogens (tertiary/aromatic N) is 2. The Morgan fingerprint density at radius 2 is 1.84 bits per heavy atom. The lowest BCUT2D eigenvalue weighted by Gasteiger charge is -2.34.